The van der Waals surface area contributed by atoms with E-state index in [4.69, 9.17) is 23.2 Å². The Labute approximate surface area is 128 Å². The molecular weight excluding hydrogens is 296 g/mol. The standard InChI is InChI=1S/C16H16Cl2FN/c1-10-3-4-12(8-16(10)19)11(2)20-9-13-7-14(17)5-6-15(13)18/h3-8,11,20H,9H2,1-2H3. The van der Waals surface area contributed by atoms with Crippen molar-refractivity contribution in [3.63, 3.8) is 0 Å². The van der Waals surface area contributed by atoms with Crippen molar-refractivity contribution in [2.45, 2.75) is 26.4 Å². The van der Waals surface area contributed by atoms with E-state index in [9.17, 15) is 4.39 Å². The summed E-state index contributed by atoms with van der Waals surface area (Å²) in [7, 11) is 0. The molecule has 2 aromatic rings. The van der Waals surface area contributed by atoms with Gasteiger partial charge in [0.15, 0.2) is 0 Å². The minimum absolute atomic E-state index is 0.0279. The molecule has 0 spiro atoms. The molecule has 2 rings (SSSR count). The maximum atomic E-state index is 13.6. The average Bonchev–Trinajstić information content (AvgIpc) is 2.42. The second kappa shape index (κ2) is 6.57. The molecule has 20 heavy (non-hydrogen) atoms. The van der Waals surface area contributed by atoms with Gasteiger partial charge < -0.3 is 5.32 Å². The SMILES string of the molecule is Cc1ccc(C(C)NCc2cc(Cl)ccc2Cl)cc1F. The Morgan fingerprint density at radius 2 is 1.90 bits per heavy atom. The van der Waals surface area contributed by atoms with Crippen molar-refractivity contribution < 1.29 is 4.39 Å². The molecule has 2 aromatic carbocycles. The Kier molecular flexibility index (Phi) is 5.03. The van der Waals surface area contributed by atoms with E-state index < -0.39 is 0 Å². The van der Waals surface area contributed by atoms with Crippen molar-refractivity contribution in [2.75, 3.05) is 0 Å². The number of hydrogen-bond donors (Lipinski definition) is 1. The summed E-state index contributed by atoms with van der Waals surface area (Å²) >= 11 is 12.1. The number of benzene rings is 2. The Morgan fingerprint density at radius 3 is 2.60 bits per heavy atom. The second-order valence-electron chi connectivity index (χ2n) is 4.85. The average molecular weight is 312 g/mol. The quantitative estimate of drug-likeness (QED) is 0.808. The largest absolute Gasteiger partial charge is 0.306 e. The fourth-order valence-corrected chi connectivity index (χ4v) is 2.32. The van der Waals surface area contributed by atoms with Crippen LogP contribution in [0.4, 0.5) is 4.39 Å². The van der Waals surface area contributed by atoms with Gasteiger partial charge in [-0.25, -0.2) is 4.39 Å². The van der Waals surface area contributed by atoms with Crippen LogP contribution >= 0.6 is 23.2 Å². The van der Waals surface area contributed by atoms with Gasteiger partial charge in [0.1, 0.15) is 5.82 Å². The smallest absolute Gasteiger partial charge is 0.126 e. The van der Waals surface area contributed by atoms with Crippen LogP contribution in [-0.4, -0.2) is 0 Å². The second-order valence-corrected chi connectivity index (χ2v) is 5.69. The summed E-state index contributed by atoms with van der Waals surface area (Å²) in [4.78, 5) is 0. The molecule has 0 aliphatic rings. The first kappa shape index (κ1) is 15.3. The van der Waals surface area contributed by atoms with E-state index in [0.29, 0.717) is 22.2 Å². The van der Waals surface area contributed by atoms with Crippen LogP contribution in [0.3, 0.4) is 0 Å². The molecule has 0 aliphatic carbocycles. The molecule has 0 radical (unpaired) electrons. The number of halogens is 3. The molecular formula is C16H16Cl2FN. The van der Waals surface area contributed by atoms with E-state index in [0.717, 1.165) is 11.1 Å². The van der Waals surface area contributed by atoms with Gasteiger partial charge in [-0.15, -0.1) is 0 Å². The minimum Gasteiger partial charge on any atom is -0.306 e. The van der Waals surface area contributed by atoms with Gasteiger partial charge in [-0.3, -0.25) is 0 Å². The van der Waals surface area contributed by atoms with Gasteiger partial charge in [-0.05, 0) is 54.8 Å². The summed E-state index contributed by atoms with van der Waals surface area (Å²) in [5.41, 5.74) is 2.49. The third-order valence-electron chi connectivity index (χ3n) is 3.30. The maximum absolute atomic E-state index is 13.6. The van der Waals surface area contributed by atoms with E-state index >= 15 is 0 Å². The van der Waals surface area contributed by atoms with Crippen LogP contribution < -0.4 is 5.32 Å². The Hall–Kier alpha value is -1.09. The molecule has 0 saturated heterocycles. The van der Waals surface area contributed by atoms with Crippen LogP contribution in [0.25, 0.3) is 0 Å². The highest BCUT2D eigenvalue weighted by molar-refractivity contribution is 6.33. The van der Waals surface area contributed by atoms with E-state index in [1.165, 1.54) is 0 Å². The van der Waals surface area contributed by atoms with Crippen LogP contribution in [0.5, 0.6) is 0 Å². The Balaban J connectivity index is 2.06. The van der Waals surface area contributed by atoms with Gasteiger partial charge in [-0.1, -0.05) is 35.3 Å². The third-order valence-corrected chi connectivity index (χ3v) is 3.91. The number of rotatable bonds is 4. The van der Waals surface area contributed by atoms with E-state index in [2.05, 4.69) is 5.32 Å². The lowest BCUT2D eigenvalue weighted by atomic mass is 10.1. The number of nitrogens with one attached hydrogen (secondary N) is 1. The molecule has 1 atom stereocenters. The molecule has 106 valence electrons. The van der Waals surface area contributed by atoms with Crippen molar-refractivity contribution in [2.24, 2.45) is 0 Å². The summed E-state index contributed by atoms with van der Waals surface area (Å²) in [5, 5.41) is 4.64. The fourth-order valence-electron chi connectivity index (χ4n) is 1.94. The zero-order valence-electron chi connectivity index (χ0n) is 11.4. The molecule has 0 aromatic heterocycles. The fraction of sp³-hybridized carbons (Fsp3) is 0.250. The highest BCUT2D eigenvalue weighted by atomic mass is 35.5. The van der Waals surface area contributed by atoms with Crippen LogP contribution in [-0.2, 0) is 6.54 Å². The third kappa shape index (κ3) is 3.72. The Morgan fingerprint density at radius 1 is 1.15 bits per heavy atom. The number of aryl methyl sites for hydroxylation is 1. The molecule has 0 heterocycles. The zero-order valence-corrected chi connectivity index (χ0v) is 12.9. The van der Waals surface area contributed by atoms with Gasteiger partial charge in [0, 0.05) is 22.6 Å². The lowest BCUT2D eigenvalue weighted by molar-refractivity contribution is 0.563. The molecule has 0 aliphatic heterocycles. The first-order valence-corrected chi connectivity index (χ1v) is 7.16. The molecule has 0 amide bonds. The van der Waals surface area contributed by atoms with Crippen LogP contribution in [0.1, 0.15) is 29.7 Å². The summed E-state index contributed by atoms with van der Waals surface area (Å²) < 4.78 is 13.6. The summed E-state index contributed by atoms with van der Waals surface area (Å²) in [6.45, 7) is 4.32. The zero-order chi connectivity index (χ0) is 14.7. The Bertz CT molecular complexity index is 613. The predicted molar refractivity (Wildman–Crippen MR) is 82.9 cm³/mol. The monoisotopic (exact) mass is 311 g/mol. The maximum Gasteiger partial charge on any atom is 0.126 e. The first-order valence-electron chi connectivity index (χ1n) is 6.40. The molecule has 4 heteroatoms. The molecule has 1 unspecified atom stereocenters. The van der Waals surface area contributed by atoms with Gasteiger partial charge in [0.2, 0.25) is 0 Å². The van der Waals surface area contributed by atoms with Gasteiger partial charge in [0.05, 0.1) is 0 Å². The van der Waals surface area contributed by atoms with Gasteiger partial charge in [0.25, 0.3) is 0 Å². The summed E-state index contributed by atoms with van der Waals surface area (Å²) in [6, 6.07) is 10.7. The predicted octanol–water partition coefficient (Wildman–Crippen LogP) is 5.29. The molecule has 0 bridgehead atoms. The van der Waals surface area contributed by atoms with Crippen molar-refractivity contribution in [3.05, 3.63) is 69.0 Å². The first-order chi connectivity index (χ1) is 9.47. The number of hydrogen-bond acceptors (Lipinski definition) is 1. The van der Waals surface area contributed by atoms with Crippen molar-refractivity contribution in [1.82, 2.24) is 5.32 Å². The van der Waals surface area contributed by atoms with Crippen molar-refractivity contribution in [1.29, 1.82) is 0 Å². The topological polar surface area (TPSA) is 12.0 Å². The van der Waals surface area contributed by atoms with E-state index in [1.807, 2.05) is 19.1 Å². The highest BCUT2D eigenvalue weighted by Crippen LogP contribution is 2.22. The molecule has 1 nitrogen and oxygen atoms in total. The van der Waals surface area contributed by atoms with Crippen LogP contribution in [0.15, 0.2) is 36.4 Å². The lowest BCUT2D eigenvalue weighted by Gasteiger charge is -2.15. The normalized spacial score (nSPS) is 12.4. The van der Waals surface area contributed by atoms with Crippen molar-refractivity contribution in [3.8, 4) is 0 Å². The minimum atomic E-state index is -0.183. The van der Waals surface area contributed by atoms with E-state index in [1.54, 1.807) is 31.2 Å². The molecule has 0 saturated carbocycles. The molecule has 0 fully saturated rings. The van der Waals surface area contributed by atoms with Crippen LogP contribution in [0, 0.1) is 12.7 Å². The van der Waals surface area contributed by atoms with Crippen molar-refractivity contribution >= 4 is 23.2 Å². The highest BCUT2D eigenvalue weighted by Gasteiger charge is 2.09. The van der Waals surface area contributed by atoms with Gasteiger partial charge >= 0.3 is 0 Å². The van der Waals surface area contributed by atoms with E-state index in [-0.39, 0.29) is 11.9 Å². The summed E-state index contributed by atoms with van der Waals surface area (Å²) in [6.07, 6.45) is 0. The van der Waals surface area contributed by atoms with Crippen LogP contribution in [0.2, 0.25) is 10.0 Å². The molecule has 1 N–H and O–H groups in total. The summed E-state index contributed by atoms with van der Waals surface area (Å²) in [5.74, 6) is -0.183. The lowest BCUT2D eigenvalue weighted by Crippen LogP contribution is -2.18. The van der Waals surface area contributed by atoms with Gasteiger partial charge in [-0.2, -0.15) is 0 Å².